The summed E-state index contributed by atoms with van der Waals surface area (Å²) in [5.41, 5.74) is 2.08. The Morgan fingerprint density at radius 3 is 2.41 bits per heavy atom. The van der Waals surface area contributed by atoms with Gasteiger partial charge in [0.05, 0.1) is 6.61 Å². The number of benzene rings is 1. The molecule has 0 aliphatic rings. The average Bonchev–Trinajstić information content (AvgIpc) is 2.57. The fourth-order valence-electron chi connectivity index (χ4n) is 2.70. The average molecular weight is 375 g/mol. The third-order valence-corrected chi connectivity index (χ3v) is 4.42. The van der Waals surface area contributed by atoms with Crippen molar-refractivity contribution in [2.45, 2.75) is 53.6 Å². The van der Waals surface area contributed by atoms with Crippen LogP contribution in [0.2, 0.25) is 0 Å². The zero-order valence-corrected chi connectivity index (χ0v) is 17.3. The molecule has 27 heavy (non-hydrogen) atoms. The molecule has 6 nitrogen and oxygen atoms in total. The Kier molecular flexibility index (Phi) is 6.19. The van der Waals surface area contributed by atoms with Crippen molar-refractivity contribution >= 4 is 17.1 Å². The Morgan fingerprint density at radius 2 is 1.78 bits per heavy atom. The molecule has 2 aromatic rings. The molecule has 0 bridgehead atoms. The first kappa shape index (κ1) is 20.8. The monoisotopic (exact) mass is 375 g/mol. The largest absolute Gasteiger partial charge is 0.493 e. The lowest BCUT2D eigenvalue weighted by atomic mass is 10.0. The quantitative estimate of drug-likeness (QED) is 0.574. The van der Waals surface area contributed by atoms with Crippen LogP contribution in [0.3, 0.4) is 0 Å². The van der Waals surface area contributed by atoms with Crippen molar-refractivity contribution in [3.63, 3.8) is 0 Å². The van der Waals surface area contributed by atoms with Crippen LogP contribution in [0.15, 0.2) is 21.3 Å². The standard InChI is InChI=1S/C21H29NO5/c1-13-14(2)19(23)26-18-15(3)17(10-9-16(13)18)25-12-8-11-22(7)20(24)27-21(4,5)6/h9-10H,8,11-12H2,1-7H3. The lowest BCUT2D eigenvalue weighted by Gasteiger charge is -2.24. The molecule has 0 aliphatic heterocycles. The van der Waals surface area contributed by atoms with Crippen molar-refractivity contribution in [3.05, 3.63) is 39.2 Å². The number of nitrogens with zero attached hydrogens (tertiary/aromatic N) is 1. The Labute approximate surface area is 160 Å². The number of amides is 1. The minimum atomic E-state index is -0.509. The molecule has 0 fully saturated rings. The molecule has 6 heteroatoms. The van der Waals surface area contributed by atoms with Crippen molar-refractivity contribution in [1.29, 1.82) is 0 Å². The lowest BCUT2D eigenvalue weighted by molar-refractivity contribution is 0.0292. The van der Waals surface area contributed by atoms with E-state index in [1.54, 1.807) is 14.0 Å². The first-order valence-corrected chi connectivity index (χ1v) is 9.12. The van der Waals surface area contributed by atoms with Crippen LogP contribution >= 0.6 is 0 Å². The maximum Gasteiger partial charge on any atom is 0.410 e. The summed E-state index contributed by atoms with van der Waals surface area (Å²) in [6, 6.07) is 3.80. The summed E-state index contributed by atoms with van der Waals surface area (Å²) in [5.74, 6) is 0.675. The van der Waals surface area contributed by atoms with Gasteiger partial charge in [-0.05, 0) is 65.7 Å². The second-order valence-corrected chi connectivity index (χ2v) is 7.81. The van der Waals surface area contributed by atoms with Crippen LogP contribution in [0, 0.1) is 20.8 Å². The minimum Gasteiger partial charge on any atom is -0.493 e. The second-order valence-electron chi connectivity index (χ2n) is 7.81. The van der Waals surface area contributed by atoms with E-state index in [0.29, 0.717) is 36.5 Å². The highest BCUT2D eigenvalue weighted by Gasteiger charge is 2.19. The number of carbonyl (C=O) groups is 1. The van der Waals surface area contributed by atoms with E-state index in [-0.39, 0.29) is 11.7 Å². The highest BCUT2D eigenvalue weighted by atomic mass is 16.6. The van der Waals surface area contributed by atoms with E-state index in [2.05, 4.69) is 0 Å². The fraction of sp³-hybridized carbons (Fsp3) is 0.524. The highest BCUT2D eigenvalue weighted by Crippen LogP contribution is 2.29. The molecule has 148 valence electrons. The van der Waals surface area contributed by atoms with E-state index in [1.807, 2.05) is 46.8 Å². The minimum absolute atomic E-state index is 0.320. The Morgan fingerprint density at radius 1 is 1.11 bits per heavy atom. The molecule has 0 unspecified atom stereocenters. The van der Waals surface area contributed by atoms with Gasteiger partial charge in [-0.25, -0.2) is 9.59 Å². The van der Waals surface area contributed by atoms with Crippen molar-refractivity contribution in [2.24, 2.45) is 0 Å². The van der Waals surface area contributed by atoms with E-state index in [9.17, 15) is 9.59 Å². The number of fused-ring (bicyclic) bond motifs is 1. The van der Waals surface area contributed by atoms with Gasteiger partial charge in [0.1, 0.15) is 16.9 Å². The molecule has 0 atom stereocenters. The van der Waals surface area contributed by atoms with Crippen LogP contribution in [-0.2, 0) is 4.74 Å². The predicted octanol–water partition coefficient (Wildman–Crippen LogP) is 4.35. The van der Waals surface area contributed by atoms with Gasteiger partial charge in [0, 0.05) is 30.1 Å². The summed E-state index contributed by atoms with van der Waals surface area (Å²) in [6.07, 6.45) is 0.307. The van der Waals surface area contributed by atoms with Gasteiger partial charge >= 0.3 is 11.7 Å². The van der Waals surface area contributed by atoms with Crippen molar-refractivity contribution in [2.75, 3.05) is 20.2 Å². The van der Waals surface area contributed by atoms with Gasteiger partial charge in [0.15, 0.2) is 0 Å². The van der Waals surface area contributed by atoms with Crippen molar-refractivity contribution in [1.82, 2.24) is 4.90 Å². The molecule has 1 amide bonds. The summed E-state index contributed by atoms with van der Waals surface area (Å²) in [6.45, 7) is 12.0. The molecule has 2 rings (SSSR count). The van der Waals surface area contributed by atoms with Gasteiger partial charge in [0.2, 0.25) is 0 Å². The Balaban J connectivity index is 2.00. The molecule has 1 heterocycles. The number of aryl methyl sites for hydroxylation is 2. The van der Waals surface area contributed by atoms with Crippen molar-refractivity contribution in [3.8, 4) is 5.75 Å². The van der Waals surface area contributed by atoms with Crippen LogP contribution in [0.25, 0.3) is 11.0 Å². The molecule has 0 saturated heterocycles. The van der Waals surface area contributed by atoms with Gasteiger partial charge < -0.3 is 18.8 Å². The van der Waals surface area contributed by atoms with Crippen LogP contribution in [0.4, 0.5) is 4.79 Å². The first-order chi connectivity index (χ1) is 12.5. The lowest BCUT2D eigenvalue weighted by Crippen LogP contribution is -2.35. The number of rotatable bonds is 5. The number of hydrogen-bond acceptors (Lipinski definition) is 5. The normalized spacial score (nSPS) is 11.5. The van der Waals surface area contributed by atoms with E-state index in [4.69, 9.17) is 13.9 Å². The van der Waals surface area contributed by atoms with Crippen molar-refractivity contribution < 1.29 is 18.7 Å². The summed E-state index contributed by atoms with van der Waals surface area (Å²) >= 11 is 0. The predicted molar refractivity (Wildman–Crippen MR) is 106 cm³/mol. The van der Waals surface area contributed by atoms with Gasteiger partial charge in [0.25, 0.3) is 0 Å². The number of carbonyl (C=O) groups excluding carboxylic acids is 1. The van der Waals surface area contributed by atoms with E-state index in [1.165, 1.54) is 4.90 Å². The van der Waals surface area contributed by atoms with E-state index >= 15 is 0 Å². The van der Waals surface area contributed by atoms with Crippen LogP contribution < -0.4 is 10.4 Å². The third kappa shape index (κ3) is 5.02. The maximum atomic E-state index is 12.0. The highest BCUT2D eigenvalue weighted by molar-refractivity contribution is 5.85. The molecule has 1 aromatic heterocycles. The molecular formula is C21H29NO5. The second kappa shape index (κ2) is 8.03. The SMILES string of the molecule is Cc1c(C)c2ccc(OCCCN(C)C(=O)OC(C)(C)C)c(C)c2oc1=O. The molecule has 0 radical (unpaired) electrons. The smallest absolute Gasteiger partial charge is 0.410 e. The van der Waals surface area contributed by atoms with Crippen LogP contribution in [0.5, 0.6) is 5.75 Å². The van der Waals surface area contributed by atoms with Gasteiger partial charge in [-0.15, -0.1) is 0 Å². The first-order valence-electron chi connectivity index (χ1n) is 9.12. The summed E-state index contributed by atoms with van der Waals surface area (Å²) in [4.78, 5) is 25.4. The van der Waals surface area contributed by atoms with Crippen LogP contribution in [-0.4, -0.2) is 36.8 Å². The topological polar surface area (TPSA) is 69.0 Å². The molecular weight excluding hydrogens is 346 g/mol. The summed E-state index contributed by atoms with van der Waals surface area (Å²) in [5, 5.41) is 0.918. The summed E-state index contributed by atoms with van der Waals surface area (Å²) in [7, 11) is 1.70. The molecule has 1 aromatic carbocycles. The Bertz CT molecular complexity index is 892. The Hall–Kier alpha value is -2.50. The zero-order valence-electron chi connectivity index (χ0n) is 17.3. The van der Waals surface area contributed by atoms with Crippen LogP contribution in [0.1, 0.15) is 43.9 Å². The van der Waals surface area contributed by atoms with E-state index in [0.717, 1.165) is 16.5 Å². The molecule has 0 aliphatic carbocycles. The molecule has 0 spiro atoms. The fourth-order valence-corrected chi connectivity index (χ4v) is 2.70. The number of ether oxygens (including phenoxy) is 2. The van der Waals surface area contributed by atoms with Gasteiger partial charge in [-0.1, -0.05) is 0 Å². The van der Waals surface area contributed by atoms with E-state index < -0.39 is 5.60 Å². The summed E-state index contributed by atoms with van der Waals surface area (Å²) < 4.78 is 16.6. The molecule has 0 saturated carbocycles. The third-order valence-electron chi connectivity index (χ3n) is 4.42. The zero-order chi connectivity index (χ0) is 20.4. The van der Waals surface area contributed by atoms with Gasteiger partial charge in [-0.3, -0.25) is 0 Å². The number of hydrogen-bond donors (Lipinski definition) is 0. The molecule has 0 N–H and O–H groups in total. The van der Waals surface area contributed by atoms with Gasteiger partial charge in [-0.2, -0.15) is 0 Å². The maximum absolute atomic E-state index is 12.0.